The highest BCUT2D eigenvalue weighted by molar-refractivity contribution is 8.00. The average molecular weight is 338 g/mol. The van der Waals surface area contributed by atoms with Gasteiger partial charge in [0.2, 0.25) is 11.8 Å². The van der Waals surface area contributed by atoms with Gasteiger partial charge in [-0.25, -0.2) is 4.39 Å². The van der Waals surface area contributed by atoms with Crippen molar-refractivity contribution in [2.75, 3.05) is 16.8 Å². The summed E-state index contributed by atoms with van der Waals surface area (Å²) in [5.41, 5.74) is 0.536. The lowest BCUT2D eigenvalue weighted by Gasteiger charge is -2.05. The molecule has 0 fully saturated rings. The Hall–Kier alpha value is -1.86. The Morgan fingerprint density at radius 2 is 1.82 bits per heavy atom. The molecule has 7 heteroatoms. The second-order valence-electron chi connectivity index (χ2n) is 4.40. The first kappa shape index (κ1) is 16.5. The third kappa shape index (κ3) is 5.87. The van der Waals surface area contributed by atoms with Crippen LogP contribution < -0.4 is 10.6 Å². The topological polar surface area (TPSA) is 58.2 Å². The van der Waals surface area contributed by atoms with Crippen molar-refractivity contribution < 1.29 is 14.0 Å². The summed E-state index contributed by atoms with van der Waals surface area (Å²) >= 11 is 2.82. The van der Waals surface area contributed by atoms with Crippen molar-refractivity contribution in [2.24, 2.45) is 0 Å². The highest BCUT2D eigenvalue weighted by atomic mass is 32.2. The molecule has 0 aliphatic heterocycles. The van der Waals surface area contributed by atoms with Crippen LogP contribution in [0.4, 0.5) is 10.1 Å². The number of hydrogen-bond donors (Lipinski definition) is 2. The Morgan fingerprint density at radius 1 is 1.09 bits per heavy atom. The zero-order valence-electron chi connectivity index (χ0n) is 11.7. The number of nitrogens with one attached hydrogen (secondary N) is 2. The number of amides is 2. The lowest BCUT2D eigenvalue weighted by Crippen LogP contribution is -2.25. The van der Waals surface area contributed by atoms with Crippen LogP contribution in [0.25, 0.3) is 0 Å². The van der Waals surface area contributed by atoms with Gasteiger partial charge in [-0.3, -0.25) is 9.59 Å². The second-order valence-corrected chi connectivity index (χ2v) is 6.42. The summed E-state index contributed by atoms with van der Waals surface area (Å²) in [6, 6.07) is 9.42. The van der Waals surface area contributed by atoms with Crippen LogP contribution in [0, 0.1) is 5.82 Å². The molecule has 0 saturated carbocycles. The first-order valence-corrected chi connectivity index (χ1v) is 8.59. The van der Waals surface area contributed by atoms with Crippen molar-refractivity contribution in [3.05, 3.63) is 52.5 Å². The molecule has 2 amide bonds. The van der Waals surface area contributed by atoms with Gasteiger partial charge in [-0.05, 0) is 35.7 Å². The molecule has 1 aromatic carbocycles. The van der Waals surface area contributed by atoms with Crippen LogP contribution in [0.15, 0.2) is 41.8 Å². The molecule has 0 atom stereocenters. The Labute approximate surface area is 136 Å². The monoisotopic (exact) mass is 338 g/mol. The van der Waals surface area contributed by atoms with Gasteiger partial charge in [0.1, 0.15) is 5.82 Å². The third-order valence-electron chi connectivity index (χ3n) is 2.63. The van der Waals surface area contributed by atoms with Gasteiger partial charge in [0.25, 0.3) is 0 Å². The maximum absolute atomic E-state index is 12.7. The number of rotatable bonds is 7. The van der Waals surface area contributed by atoms with Gasteiger partial charge in [-0.2, -0.15) is 0 Å². The van der Waals surface area contributed by atoms with Crippen molar-refractivity contribution in [3.8, 4) is 0 Å². The maximum atomic E-state index is 12.7. The molecule has 0 radical (unpaired) electrons. The van der Waals surface area contributed by atoms with E-state index in [9.17, 15) is 14.0 Å². The number of anilines is 1. The normalized spacial score (nSPS) is 10.2. The maximum Gasteiger partial charge on any atom is 0.234 e. The highest BCUT2D eigenvalue weighted by Gasteiger charge is 2.06. The molecule has 1 aromatic heterocycles. The van der Waals surface area contributed by atoms with Gasteiger partial charge < -0.3 is 10.6 Å². The van der Waals surface area contributed by atoms with Crippen molar-refractivity contribution in [2.45, 2.75) is 6.54 Å². The summed E-state index contributed by atoms with van der Waals surface area (Å²) in [6.07, 6.45) is 0. The Bertz CT molecular complexity index is 615. The molecule has 0 bridgehead atoms. The first-order valence-electron chi connectivity index (χ1n) is 6.56. The Balaban J connectivity index is 1.62. The zero-order valence-corrected chi connectivity index (χ0v) is 13.3. The van der Waals surface area contributed by atoms with Gasteiger partial charge in [-0.1, -0.05) is 6.07 Å². The molecular weight excluding hydrogens is 323 g/mol. The molecule has 0 aliphatic carbocycles. The molecule has 116 valence electrons. The number of carbonyl (C=O) groups excluding carboxylic acids is 2. The largest absolute Gasteiger partial charge is 0.350 e. The minimum Gasteiger partial charge on any atom is -0.350 e. The SMILES string of the molecule is O=C(CSCC(=O)Nc1ccc(F)cc1)NCc1cccs1. The summed E-state index contributed by atoms with van der Waals surface area (Å²) in [5.74, 6) is -0.281. The van der Waals surface area contributed by atoms with Gasteiger partial charge in [0, 0.05) is 10.6 Å². The van der Waals surface area contributed by atoms with E-state index in [1.165, 1.54) is 36.0 Å². The van der Waals surface area contributed by atoms with E-state index in [1.54, 1.807) is 11.3 Å². The van der Waals surface area contributed by atoms with E-state index < -0.39 is 0 Å². The molecule has 0 spiro atoms. The van der Waals surface area contributed by atoms with E-state index in [4.69, 9.17) is 0 Å². The molecule has 0 aliphatic rings. The minimum atomic E-state index is -0.352. The van der Waals surface area contributed by atoms with Crippen LogP contribution in [-0.2, 0) is 16.1 Å². The van der Waals surface area contributed by atoms with E-state index >= 15 is 0 Å². The summed E-state index contributed by atoms with van der Waals surface area (Å²) in [5, 5.41) is 7.39. The lowest BCUT2D eigenvalue weighted by molar-refractivity contribution is -0.118. The van der Waals surface area contributed by atoms with Crippen LogP contribution in [0.3, 0.4) is 0 Å². The first-order chi connectivity index (χ1) is 10.6. The number of carbonyl (C=O) groups is 2. The van der Waals surface area contributed by atoms with Crippen LogP contribution in [-0.4, -0.2) is 23.3 Å². The number of benzene rings is 1. The third-order valence-corrected chi connectivity index (χ3v) is 4.44. The number of thioether (sulfide) groups is 1. The summed E-state index contributed by atoms with van der Waals surface area (Å²) in [4.78, 5) is 24.4. The van der Waals surface area contributed by atoms with Crippen LogP contribution in [0.5, 0.6) is 0 Å². The van der Waals surface area contributed by atoms with E-state index in [1.807, 2.05) is 17.5 Å². The molecule has 2 aromatic rings. The van der Waals surface area contributed by atoms with Crippen LogP contribution in [0.2, 0.25) is 0 Å². The molecule has 2 rings (SSSR count). The van der Waals surface area contributed by atoms with Crippen LogP contribution in [0.1, 0.15) is 4.88 Å². The number of thiophene rings is 1. The smallest absolute Gasteiger partial charge is 0.234 e. The lowest BCUT2D eigenvalue weighted by atomic mass is 10.3. The summed E-state index contributed by atoms with van der Waals surface area (Å²) in [6.45, 7) is 0.513. The summed E-state index contributed by atoms with van der Waals surface area (Å²) in [7, 11) is 0. The number of hydrogen-bond acceptors (Lipinski definition) is 4. The minimum absolute atomic E-state index is 0.104. The second kappa shape index (κ2) is 8.55. The Morgan fingerprint density at radius 3 is 2.50 bits per heavy atom. The molecule has 22 heavy (non-hydrogen) atoms. The predicted octanol–water partition coefficient (Wildman–Crippen LogP) is 2.88. The Kier molecular flexibility index (Phi) is 6.42. The predicted molar refractivity (Wildman–Crippen MR) is 88.5 cm³/mol. The van der Waals surface area contributed by atoms with E-state index in [0.717, 1.165) is 4.88 Å². The standard InChI is InChI=1S/C15H15FN2O2S2/c16-11-3-5-12(6-4-11)18-15(20)10-21-9-14(19)17-8-13-2-1-7-22-13/h1-7H,8-10H2,(H,17,19)(H,18,20). The van der Waals surface area contributed by atoms with Crippen molar-refractivity contribution in [3.63, 3.8) is 0 Å². The summed E-state index contributed by atoms with van der Waals surface area (Å²) < 4.78 is 12.7. The van der Waals surface area contributed by atoms with E-state index in [2.05, 4.69) is 10.6 Å². The van der Waals surface area contributed by atoms with Gasteiger partial charge >= 0.3 is 0 Å². The molecule has 1 heterocycles. The fourth-order valence-corrected chi connectivity index (χ4v) is 2.91. The molecule has 0 unspecified atom stereocenters. The molecule has 2 N–H and O–H groups in total. The zero-order chi connectivity index (χ0) is 15.8. The van der Waals surface area contributed by atoms with Crippen molar-refractivity contribution in [1.29, 1.82) is 0 Å². The van der Waals surface area contributed by atoms with E-state index in [0.29, 0.717) is 12.2 Å². The van der Waals surface area contributed by atoms with Crippen molar-refractivity contribution in [1.82, 2.24) is 5.32 Å². The van der Waals surface area contributed by atoms with Crippen molar-refractivity contribution >= 4 is 40.6 Å². The highest BCUT2D eigenvalue weighted by Crippen LogP contribution is 2.10. The molecule has 4 nitrogen and oxygen atoms in total. The van der Waals surface area contributed by atoms with Crippen LogP contribution >= 0.6 is 23.1 Å². The fraction of sp³-hybridized carbons (Fsp3) is 0.200. The molecule has 0 saturated heterocycles. The van der Waals surface area contributed by atoms with Gasteiger partial charge in [0.15, 0.2) is 0 Å². The fourth-order valence-electron chi connectivity index (χ4n) is 1.62. The quantitative estimate of drug-likeness (QED) is 0.816. The molecular formula is C15H15FN2O2S2. The average Bonchev–Trinajstić information content (AvgIpc) is 3.01. The van der Waals surface area contributed by atoms with E-state index in [-0.39, 0.29) is 29.1 Å². The number of halogens is 1. The van der Waals surface area contributed by atoms with Gasteiger partial charge in [-0.15, -0.1) is 23.1 Å². The van der Waals surface area contributed by atoms with Gasteiger partial charge in [0.05, 0.1) is 18.1 Å².